The fourth-order valence-corrected chi connectivity index (χ4v) is 4.59. The van der Waals surface area contributed by atoms with Crippen LogP contribution in [0.5, 0.6) is 0 Å². The van der Waals surface area contributed by atoms with E-state index in [4.69, 9.17) is 0 Å². The summed E-state index contributed by atoms with van der Waals surface area (Å²) in [5.74, 6) is 1.62. The first-order valence-corrected chi connectivity index (χ1v) is 9.29. The predicted octanol–water partition coefficient (Wildman–Crippen LogP) is 2.59. The van der Waals surface area contributed by atoms with Gasteiger partial charge < -0.3 is 5.32 Å². The first-order chi connectivity index (χ1) is 9.48. The zero-order valence-corrected chi connectivity index (χ0v) is 13.2. The predicted molar refractivity (Wildman–Crippen MR) is 83.7 cm³/mol. The van der Waals surface area contributed by atoms with Gasteiger partial charge in [0.15, 0.2) is 9.84 Å². The van der Waals surface area contributed by atoms with Crippen LogP contribution in [0, 0.1) is 5.92 Å². The largest absolute Gasteiger partial charge is 0.312 e. The lowest BCUT2D eigenvalue weighted by atomic mass is 9.88. The average molecular weight is 295 g/mol. The molecule has 0 aliphatic carbocycles. The van der Waals surface area contributed by atoms with Crippen molar-refractivity contribution in [1.82, 2.24) is 5.32 Å². The Labute approximate surface area is 122 Å². The maximum Gasteiger partial charge on any atom is 0.151 e. The van der Waals surface area contributed by atoms with Crippen molar-refractivity contribution < 1.29 is 8.42 Å². The van der Waals surface area contributed by atoms with Crippen molar-refractivity contribution in [2.75, 3.05) is 18.1 Å². The number of hydrogen-bond donors (Lipinski definition) is 1. The minimum atomic E-state index is -2.83. The molecule has 0 amide bonds. The molecule has 2 rings (SSSR count). The van der Waals surface area contributed by atoms with E-state index in [1.165, 1.54) is 5.56 Å². The number of nitrogens with one attached hydrogen (secondary N) is 1. The molecule has 1 N–H and O–H groups in total. The van der Waals surface area contributed by atoms with Crippen molar-refractivity contribution in [3.8, 4) is 0 Å². The van der Waals surface area contributed by atoms with E-state index in [9.17, 15) is 8.42 Å². The third-order valence-electron chi connectivity index (χ3n) is 4.12. The molecule has 0 saturated carbocycles. The molecule has 20 heavy (non-hydrogen) atoms. The number of benzene rings is 1. The van der Waals surface area contributed by atoms with Gasteiger partial charge in [-0.25, -0.2) is 8.42 Å². The number of rotatable bonds is 5. The third kappa shape index (κ3) is 4.32. The first-order valence-electron chi connectivity index (χ1n) is 7.47. The summed E-state index contributed by atoms with van der Waals surface area (Å²) >= 11 is 0. The maximum atomic E-state index is 11.7. The minimum absolute atomic E-state index is 0.124. The van der Waals surface area contributed by atoms with Crippen molar-refractivity contribution in [1.29, 1.82) is 0 Å². The normalized spacial score (nSPS) is 23.6. The van der Waals surface area contributed by atoms with Gasteiger partial charge in [-0.3, -0.25) is 0 Å². The Morgan fingerprint density at radius 3 is 2.55 bits per heavy atom. The average Bonchev–Trinajstić information content (AvgIpc) is 2.38. The van der Waals surface area contributed by atoms with Crippen LogP contribution in [-0.2, 0) is 9.84 Å². The van der Waals surface area contributed by atoms with Crippen molar-refractivity contribution >= 4 is 9.84 Å². The molecular formula is C16H25NO2S. The molecule has 1 aromatic rings. The van der Waals surface area contributed by atoms with Crippen LogP contribution in [0.4, 0.5) is 0 Å². The molecule has 0 bridgehead atoms. The van der Waals surface area contributed by atoms with Gasteiger partial charge in [0, 0.05) is 12.6 Å². The molecular weight excluding hydrogens is 270 g/mol. The van der Waals surface area contributed by atoms with Gasteiger partial charge >= 0.3 is 0 Å². The molecule has 3 nitrogen and oxygen atoms in total. The highest BCUT2D eigenvalue weighted by atomic mass is 32.2. The van der Waals surface area contributed by atoms with E-state index in [1.54, 1.807) is 0 Å². The summed E-state index contributed by atoms with van der Waals surface area (Å²) in [5, 5.41) is 3.48. The number of hydrogen-bond acceptors (Lipinski definition) is 3. The minimum Gasteiger partial charge on any atom is -0.312 e. The van der Waals surface area contributed by atoms with E-state index in [0.29, 0.717) is 23.3 Å². The second-order valence-corrected chi connectivity index (χ2v) is 8.35. The van der Waals surface area contributed by atoms with E-state index in [-0.39, 0.29) is 6.04 Å². The van der Waals surface area contributed by atoms with E-state index in [1.807, 2.05) is 6.07 Å². The highest BCUT2D eigenvalue weighted by Crippen LogP contribution is 2.24. The number of sulfone groups is 1. The van der Waals surface area contributed by atoms with Gasteiger partial charge in [0.2, 0.25) is 0 Å². The molecule has 112 valence electrons. The SMILES string of the molecule is CC(C)C(CNC1CCCS(=O)(=O)C1)c1ccccc1. The monoisotopic (exact) mass is 295 g/mol. The second-order valence-electron chi connectivity index (χ2n) is 6.12. The molecule has 1 aliphatic heterocycles. The Balaban J connectivity index is 1.96. The van der Waals surface area contributed by atoms with Crippen molar-refractivity contribution in [3.05, 3.63) is 35.9 Å². The molecule has 0 aromatic heterocycles. The quantitative estimate of drug-likeness (QED) is 0.908. The Hall–Kier alpha value is -0.870. The van der Waals surface area contributed by atoms with Crippen LogP contribution in [0.2, 0.25) is 0 Å². The summed E-state index contributed by atoms with van der Waals surface area (Å²) in [5.41, 5.74) is 1.33. The molecule has 1 saturated heterocycles. The summed E-state index contributed by atoms with van der Waals surface area (Å²) in [6.07, 6.45) is 1.76. The van der Waals surface area contributed by atoms with Crippen LogP contribution in [0.25, 0.3) is 0 Å². The highest BCUT2D eigenvalue weighted by molar-refractivity contribution is 7.91. The summed E-state index contributed by atoms with van der Waals surface area (Å²) < 4.78 is 23.3. The topological polar surface area (TPSA) is 46.2 Å². The summed E-state index contributed by atoms with van der Waals surface area (Å²) in [6, 6.07) is 10.6. The Morgan fingerprint density at radius 1 is 1.25 bits per heavy atom. The lowest BCUT2D eigenvalue weighted by molar-refractivity contribution is 0.413. The fraction of sp³-hybridized carbons (Fsp3) is 0.625. The van der Waals surface area contributed by atoms with Gasteiger partial charge in [-0.05, 0) is 30.2 Å². The molecule has 1 fully saturated rings. The van der Waals surface area contributed by atoms with Crippen molar-refractivity contribution in [3.63, 3.8) is 0 Å². The van der Waals surface area contributed by atoms with Crippen LogP contribution < -0.4 is 5.32 Å². The van der Waals surface area contributed by atoms with Crippen molar-refractivity contribution in [2.24, 2.45) is 5.92 Å². The van der Waals surface area contributed by atoms with E-state index < -0.39 is 9.84 Å². The third-order valence-corrected chi connectivity index (χ3v) is 5.94. The van der Waals surface area contributed by atoms with E-state index in [0.717, 1.165) is 19.4 Å². The van der Waals surface area contributed by atoms with Crippen LogP contribution in [-0.4, -0.2) is 32.5 Å². The van der Waals surface area contributed by atoms with Gasteiger partial charge in [-0.2, -0.15) is 0 Å². The van der Waals surface area contributed by atoms with Gasteiger partial charge in [0.25, 0.3) is 0 Å². The standard InChI is InChI=1S/C16H25NO2S/c1-13(2)16(14-7-4-3-5-8-14)11-17-15-9-6-10-20(18,19)12-15/h3-5,7-8,13,15-17H,6,9-12H2,1-2H3. The van der Waals surface area contributed by atoms with Gasteiger partial charge in [-0.1, -0.05) is 44.2 Å². The molecule has 0 spiro atoms. The molecule has 1 aliphatic rings. The van der Waals surface area contributed by atoms with E-state index in [2.05, 4.69) is 43.4 Å². The second kappa shape index (κ2) is 6.72. The molecule has 2 atom stereocenters. The zero-order valence-electron chi connectivity index (χ0n) is 12.4. The summed E-state index contributed by atoms with van der Waals surface area (Å²) in [7, 11) is -2.83. The Morgan fingerprint density at radius 2 is 1.95 bits per heavy atom. The van der Waals surface area contributed by atoms with Gasteiger partial charge in [-0.15, -0.1) is 0 Å². The zero-order chi connectivity index (χ0) is 14.6. The van der Waals surface area contributed by atoms with Gasteiger partial charge in [0.1, 0.15) is 0 Å². The van der Waals surface area contributed by atoms with E-state index >= 15 is 0 Å². The Kier molecular flexibility index (Phi) is 5.22. The lowest BCUT2D eigenvalue weighted by Gasteiger charge is -2.28. The molecule has 1 aromatic carbocycles. The van der Waals surface area contributed by atoms with Crippen LogP contribution in [0.1, 0.15) is 38.2 Å². The molecule has 2 unspecified atom stereocenters. The summed E-state index contributed by atoms with van der Waals surface area (Å²) in [6.45, 7) is 5.29. The fourth-order valence-electron chi connectivity index (χ4n) is 2.92. The van der Waals surface area contributed by atoms with Crippen LogP contribution in [0.3, 0.4) is 0 Å². The van der Waals surface area contributed by atoms with Crippen LogP contribution >= 0.6 is 0 Å². The maximum absolute atomic E-state index is 11.7. The molecule has 0 radical (unpaired) electrons. The van der Waals surface area contributed by atoms with Gasteiger partial charge in [0.05, 0.1) is 11.5 Å². The van der Waals surface area contributed by atoms with Crippen molar-refractivity contribution in [2.45, 2.75) is 38.6 Å². The molecule has 1 heterocycles. The van der Waals surface area contributed by atoms with Crippen LogP contribution in [0.15, 0.2) is 30.3 Å². The smallest absolute Gasteiger partial charge is 0.151 e. The Bertz CT molecular complexity index is 511. The summed E-state index contributed by atoms with van der Waals surface area (Å²) in [4.78, 5) is 0. The highest BCUT2D eigenvalue weighted by Gasteiger charge is 2.25. The first kappa shape index (κ1) is 15.5. The molecule has 4 heteroatoms. The lowest BCUT2D eigenvalue weighted by Crippen LogP contribution is -2.42.